The lowest BCUT2D eigenvalue weighted by atomic mass is 10.2. The minimum atomic E-state index is 0.733. The molecule has 15 heavy (non-hydrogen) atoms. The largest absolute Gasteiger partial charge is 0.312 e. The topological polar surface area (TPSA) is 29.9 Å². The Labute approximate surface area is 95.8 Å². The standard InChI is InChI=1S/C11H18ClN3/c1-9-11(12)8-15(14-9)7-6-13-10-4-2-3-5-10/h8,10,13H,2-7H2,1H3. The van der Waals surface area contributed by atoms with Gasteiger partial charge in [0.1, 0.15) is 0 Å². The average molecular weight is 228 g/mol. The number of nitrogens with one attached hydrogen (secondary N) is 1. The molecule has 0 aromatic carbocycles. The van der Waals surface area contributed by atoms with Crippen molar-refractivity contribution >= 4 is 11.6 Å². The van der Waals surface area contributed by atoms with Crippen LogP contribution in [0.5, 0.6) is 0 Å². The molecule has 4 heteroatoms. The van der Waals surface area contributed by atoms with Crippen molar-refractivity contribution < 1.29 is 0 Å². The zero-order chi connectivity index (χ0) is 10.7. The molecule has 84 valence electrons. The number of aromatic nitrogens is 2. The van der Waals surface area contributed by atoms with Crippen molar-refractivity contribution in [3.8, 4) is 0 Å². The molecule has 0 unspecified atom stereocenters. The van der Waals surface area contributed by atoms with Crippen molar-refractivity contribution in [1.82, 2.24) is 15.1 Å². The van der Waals surface area contributed by atoms with E-state index < -0.39 is 0 Å². The van der Waals surface area contributed by atoms with Crippen molar-refractivity contribution in [1.29, 1.82) is 0 Å². The molecule has 0 amide bonds. The molecule has 1 heterocycles. The van der Waals surface area contributed by atoms with Crippen molar-refractivity contribution in [2.24, 2.45) is 0 Å². The molecule has 1 fully saturated rings. The molecular formula is C11H18ClN3. The predicted octanol–water partition coefficient (Wildman–Crippen LogP) is 2.38. The predicted molar refractivity (Wildman–Crippen MR) is 62.2 cm³/mol. The second kappa shape index (κ2) is 4.99. The van der Waals surface area contributed by atoms with Gasteiger partial charge in [-0.25, -0.2) is 0 Å². The highest BCUT2D eigenvalue weighted by Gasteiger charge is 2.13. The second-order valence-electron chi connectivity index (χ2n) is 4.26. The summed E-state index contributed by atoms with van der Waals surface area (Å²) in [6, 6.07) is 0.733. The van der Waals surface area contributed by atoms with Crippen molar-refractivity contribution in [3.63, 3.8) is 0 Å². The van der Waals surface area contributed by atoms with Crippen molar-refractivity contribution in [3.05, 3.63) is 16.9 Å². The zero-order valence-electron chi connectivity index (χ0n) is 9.17. The maximum absolute atomic E-state index is 5.93. The molecule has 1 aromatic rings. The molecule has 1 aliphatic carbocycles. The third-order valence-corrected chi connectivity index (χ3v) is 3.39. The molecule has 0 saturated heterocycles. The first kappa shape index (κ1) is 11.0. The lowest BCUT2D eigenvalue weighted by Crippen LogP contribution is -2.29. The molecule has 0 radical (unpaired) electrons. The van der Waals surface area contributed by atoms with E-state index in [2.05, 4.69) is 10.4 Å². The number of nitrogens with zero attached hydrogens (tertiary/aromatic N) is 2. The van der Waals surface area contributed by atoms with E-state index in [0.29, 0.717) is 0 Å². The molecule has 1 N–H and O–H groups in total. The second-order valence-corrected chi connectivity index (χ2v) is 4.67. The summed E-state index contributed by atoms with van der Waals surface area (Å²) in [5, 5.41) is 8.63. The van der Waals surface area contributed by atoms with Gasteiger partial charge in [-0.3, -0.25) is 4.68 Å². The Morgan fingerprint density at radius 1 is 1.53 bits per heavy atom. The Balaban J connectivity index is 1.73. The Morgan fingerprint density at radius 3 is 2.87 bits per heavy atom. The summed E-state index contributed by atoms with van der Waals surface area (Å²) < 4.78 is 1.92. The molecule has 1 aliphatic rings. The lowest BCUT2D eigenvalue weighted by Gasteiger charge is -2.11. The van der Waals surface area contributed by atoms with E-state index >= 15 is 0 Å². The molecule has 3 nitrogen and oxygen atoms in total. The molecule has 1 saturated carbocycles. The molecule has 0 aliphatic heterocycles. The summed E-state index contributed by atoms with van der Waals surface area (Å²) in [6.07, 6.45) is 7.32. The van der Waals surface area contributed by atoms with Crippen molar-refractivity contribution in [2.45, 2.75) is 45.2 Å². The van der Waals surface area contributed by atoms with E-state index in [-0.39, 0.29) is 0 Å². The van der Waals surface area contributed by atoms with Gasteiger partial charge in [0.25, 0.3) is 0 Å². The first-order valence-electron chi connectivity index (χ1n) is 5.68. The first-order chi connectivity index (χ1) is 7.25. The van der Waals surface area contributed by atoms with Gasteiger partial charge in [-0.05, 0) is 19.8 Å². The van der Waals surface area contributed by atoms with E-state index in [1.807, 2.05) is 17.8 Å². The van der Waals surface area contributed by atoms with Crippen LogP contribution in [0.15, 0.2) is 6.20 Å². The lowest BCUT2D eigenvalue weighted by molar-refractivity contribution is 0.480. The van der Waals surface area contributed by atoms with E-state index in [9.17, 15) is 0 Å². The minimum Gasteiger partial charge on any atom is -0.312 e. The van der Waals surface area contributed by atoms with E-state index in [0.717, 1.165) is 29.8 Å². The first-order valence-corrected chi connectivity index (χ1v) is 6.06. The van der Waals surface area contributed by atoms with E-state index in [1.54, 1.807) is 0 Å². The van der Waals surface area contributed by atoms with Crippen LogP contribution >= 0.6 is 11.6 Å². The molecule has 0 bridgehead atoms. The van der Waals surface area contributed by atoms with Gasteiger partial charge in [0.05, 0.1) is 17.3 Å². The molecule has 1 aromatic heterocycles. The number of aryl methyl sites for hydroxylation is 1. The third kappa shape index (κ3) is 2.95. The number of hydrogen-bond donors (Lipinski definition) is 1. The number of hydrogen-bond acceptors (Lipinski definition) is 2. The van der Waals surface area contributed by atoms with Gasteiger partial charge in [0.15, 0.2) is 0 Å². The quantitative estimate of drug-likeness (QED) is 0.856. The maximum atomic E-state index is 5.93. The smallest absolute Gasteiger partial charge is 0.0814 e. The van der Waals surface area contributed by atoms with Gasteiger partial charge < -0.3 is 5.32 Å². The van der Waals surface area contributed by atoms with Crippen LogP contribution in [-0.4, -0.2) is 22.4 Å². The molecular weight excluding hydrogens is 210 g/mol. The maximum Gasteiger partial charge on any atom is 0.0814 e. The van der Waals surface area contributed by atoms with Gasteiger partial charge in [-0.15, -0.1) is 0 Å². The molecule has 2 rings (SSSR count). The highest BCUT2D eigenvalue weighted by Crippen LogP contribution is 2.17. The Morgan fingerprint density at radius 2 is 2.27 bits per heavy atom. The minimum absolute atomic E-state index is 0.733. The van der Waals surface area contributed by atoms with Gasteiger partial charge in [-0.2, -0.15) is 5.10 Å². The highest BCUT2D eigenvalue weighted by atomic mass is 35.5. The zero-order valence-corrected chi connectivity index (χ0v) is 9.93. The fraction of sp³-hybridized carbons (Fsp3) is 0.727. The highest BCUT2D eigenvalue weighted by molar-refractivity contribution is 6.31. The van der Waals surface area contributed by atoms with Crippen LogP contribution in [0.25, 0.3) is 0 Å². The fourth-order valence-electron chi connectivity index (χ4n) is 2.12. The number of halogens is 1. The van der Waals surface area contributed by atoms with Gasteiger partial charge in [-0.1, -0.05) is 24.4 Å². The monoisotopic (exact) mass is 227 g/mol. The van der Waals surface area contributed by atoms with Gasteiger partial charge >= 0.3 is 0 Å². The normalized spacial score (nSPS) is 17.5. The summed E-state index contributed by atoms with van der Waals surface area (Å²) in [5.41, 5.74) is 0.914. The van der Waals surface area contributed by atoms with Crippen LogP contribution in [0.4, 0.5) is 0 Å². The van der Waals surface area contributed by atoms with Gasteiger partial charge in [0, 0.05) is 18.8 Å². The van der Waals surface area contributed by atoms with Crippen LogP contribution in [0, 0.1) is 6.92 Å². The average Bonchev–Trinajstić information content (AvgIpc) is 2.79. The molecule has 0 spiro atoms. The third-order valence-electron chi connectivity index (χ3n) is 3.02. The fourth-order valence-corrected chi connectivity index (χ4v) is 2.27. The summed E-state index contributed by atoms with van der Waals surface area (Å²) in [5.74, 6) is 0. The molecule has 0 atom stereocenters. The van der Waals surface area contributed by atoms with Gasteiger partial charge in [0.2, 0.25) is 0 Å². The summed E-state index contributed by atoms with van der Waals surface area (Å²) in [4.78, 5) is 0. The van der Waals surface area contributed by atoms with Crippen LogP contribution in [0.3, 0.4) is 0 Å². The summed E-state index contributed by atoms with van der Waals surface area (Å²) >= 11 is 5.93. The van der Waals surface area contributed by atoms with Crippen LogP contribution in [0.1, 0.15) is 31.4 Å². The SMILES string of the molecule is Cc1nn(CCNC2CCCC2)cc1Cl. The Bertz CT molecular complexity index is 296. The Hall–Kier alpha value is -0.540. The van der Waals surface area contributed by atoms with Crippen LogP contribution < -0.4 is 5.32 Å². The van der Waals surface area contributed by atoms with Crippen LogP contribution in [0.2, 0.25) is 5.02 Å². The van der Waals surface area contributed by atoms with E-state index in [4.69, 9.17) is 11.6 Å². The summed E-state index contributed by atoms with van der Waals surface area (Å²) in [7, 11) is 0. The van der Waals surface area contributed by atoms with Crippen molar-refractivity contribution in [2.75, 3.05) is 6.54 Å². The van der Waals surface area contributed by atoms with Crippen LogP contribution in [-0.2, 0) is 6.54 Å². The summed E-state index contributed by atoms with van der Waals surface area (Å²) in [6.45, 7) is 3.83. The number of rotatable bonds is 4. The van der Waals surface area contributed by atoms with E-state index in [1.165, 1.54) is 25.7 Å². The Kier molecular flexibility index (Phi) is 3.65.